The lowest BCUT2D eigenvalue weighted by Gasteiger charge is -2.31. The molecule has 0 bridgehead atoms. The van der Waals surface area contributed by atoms with E-state index in [1.165, 1.54) is 29.7 Å². The number of amides is 6. The van der Waals surface area contributed by atoms with E-state index in [2.05, 4.69) is 21.3 Å². The van der Waals surface area contributed by atoms with Gasteiger partial charge in [0.25, 0.3) is 17.4 Å². The summed E-state index contributed by atoms with van der Waals surface area (Å²) < 4.78 is 27.6. The molecule has 66 heavy (non-hydrogen) atoms. The lowest BCUT2D eigenvalue weighted by atomic mass is 9.81. The molecule has 1 aromatic carbocycles. The zero-order valence-corrected chi connectivity index (χ0v) is 37.2. The molecule has 3 aromatic rings. The van der Waals surface area contributed by atoms with E-state index in [9.17, 15) is 43.5 Å². The maximum Gasteiger partial charge on any atom is 0.343 e. The fraction of sp³-hybridized carbons (Fsp3) is 0.500. The van der Waals surface area contributed by atoms with Gasteiger partial charge in [0.1, 0.15) is 37.8 Å². The average molecular weight is 915 g/mol. The number of fused-ring (bicyclic) bond motifs is 5. The van der Waals surface area contributed by atoms with Gasteiger partial charge in [-0.1, -0.05) is 13.3 Å². The number of hydrogen-bond acceptors (Lipinski definition) is 13. The van der Waals surface area contributed by atoms with Gasteiger partial charge >= 0.3 is 5.97 Å². The van der Waals surface area contributed by atoms with Crippen molar-refractivity contribution < 1.29 is 52.5 Å². The van der Waals surface area contributed by atoms with Gasteiger partial charge in [0, 0.05) is 47.7 Å². The number of aryl methyl sites for hydroxylation is 1. The Morgan fingerprint density at radius 1 is 1.00 bits per heavy atom. The van der Waals surface area contributed by atoms with Crippen LogP contribution in [-0.4, -0.2) is 99.5 Å². The number of halogens is 1. The number of nitrogens with zero attached hydrogens (tertiary/aromatic N) is 3. The van der Waals surface area contributed by atoms with Gasteiger partial charge < -0.3 is 46.1 Å². The molecule has 7 N–H and O–H groups in total. The molecule has 4 atom stereocenters. The van der Waals surface area contributed by atoms with Gasteiger partial charge in [0.05, 0.1) is 35.1 Å². The number of pyridine rings is 2. The van der Waals surface area contributed by atoms with Crippen LogP contribution in [0.5, 0.6) is 0 Å². The molecule has 0 radical (unpaired) electrons. The zero-order valence-electron chi connectivity index (χ0n) is 37.2. The van der Waals surface area contributed by atoms with Gasteiger partial charge in [-0.05, 0) is 94.5 Å². The maximum absolute atomic E-state index is 15.3. The molecule has 4 aliphatic rings. The van der Waals surface area contributed by atoms with Gasteiger partial charge in [0.15, 0.2) is 5.60 Å². The lowest BCUT2D eigenvalue weighted by molar-refractivity contribution is -0.172. The monoisotopic (exact) mass is 914 g/mol. The predicted molar refractivity (Wildman–Crippen MR) is 234 cm³/mol. The van der Waals surface area contributed by atoms with Crippen molar-refractivity contribution in [2.24, 2.45) is 5.73 Å². The fourth-order valence-corrected chi connectivity index (χ4v) is 9.15. The number of imide groups is 1. The number of nitrogens with one attached hydrogen (secondary N) is 4. The maximum atomic E-state index is 15.3. The van der Waals surface area contributed by atoms with Crippen LogP contribution in [0.4, 0.5) is 4.39 Å². The third kappa shape index (κ3) is 9.48. The van der Waals surface area contributed by atoms with Crippen LogP contribution in [0, 0.1) is 12.7 Å². The number of unbranched alkanes of at least 4 members (excludes halogenated alkanes) is 3. The number of rotatable bonds is 20. The topological polar surface area (TPSA) is 270 Å². The summed E-state index contributed by atoms with van der Waals surface area (Å²) in [5.41, 5.74) is 6.99. The minimum Gasteiger partial charge on any atom is -0.458 e. The van der Waals surface area contributed by atoms with Crippen LogP contribution in [0.25, 0.3) is 22.3 Å². The van der Waals surface area contributed by atoms with E-state index in [1.807, 2.05) is 0 Å². The van der Waals surface area contributed by atoms with Gasteiger partial charge in [-0.25, -0.2) is 14.2 Å². The van der Waals surface area contributed by atoms with Crippen LogP contribution >= 0.6 is 0 Å². The van der Waals surface area contributed by atoms with E-state index in [1.54, 1.807) is 19.9 Å². The number of carbonyl (C=O) groups excluding carboxylic acids is 7. The van der Waals surface area contributed by atoms with Gasteiger partial charge in [-0.15, -0.1) is 0 Å². The first kappa shape index (κ1) is 47.6. The smallest absolute Gasteiger partial charge is 0.343 e. The van der Waals surface area contributed by atoms with Crippen LogP contribution in [0.2, 0.25) is 0 Å². The van der Waals surface area contributed by atoms with Crippen molar-refractivity contribution in [1.82, 2.24) is 35.7 Å². The molecule has 0 unspecified atom stereocenters. The molecule has 7 rings (SSSR count). The molecule has 6 amide bonds. The number of cyclic esters (lactones) is 1. The van der Waals surface area contributed by atoms with Crippen LogP contribution in [-0.2, 0) is 68.2 Å². The van der Waals surface area contributed by atoms with E-state index in [0.29, 0.717) is 90.5 Å². The van der Waals surface area contributed by atoms with Gasteiger partial charge in [-0.2, -0.15) is 0 Å². The molecule has 19 nitrogen and oxygen atoms in total. The molecular formula is C46H55FN8O11. The van der Waals surface area contributed by atoms with Crippen molar-refractivity contribution in [1.29, 1.82) is 0 Å². The second-order valence-corrected chi connectivity index (χ2v) is 17.1. The van der Waals surface area contributed by atoms with Crippen molar-refractivity contribution in [3.63, 3.8) is 0 Å². The molecule has 0 saturated carbocycles. The molecule has 5 heterocycles. The number of benzene rings is 1. The fourth-order valence-electron chi connectivity index (χ4n) is 9.15. The number of aromatic nitrogens is 2. The Kier molecular flexibility index (Phi) is 14.4. The van der Waals surface area contributed by atoms with Crippen molar-refractivity contribution >= 4 is 52.3 Å². The molecular weight excluding hydrogens is 860 g/mol. The minimum atomic E-state index is -2.04. The summed E-state index contributed by atoms with van der Waals surface area (Å²) in [5.74, 6) is -4.08. The predicted octanol–water partition coefficient (Wildman–Crippen LogP) is 1.32. The van der Waals surface area contributed by atoms with Crippen LogP contribution in [0.3, 0.4) is 0 Å². The molecule has 1 aliphatic carbocycles. The molecule has 3 aliphatic heterocycles. The minimum absolute atomic E-state index is 0.0374. The van der Waals surface area contributed by atoms with E-state index >= 15 is 4.39 Å². The quantitative estimate of drug-likeness (QED) is 0.0317. The molecule has 0 spiro atoms. The highest BCUT2D eigenvalue weighted by atomic mass is 19.1. The van der Waals surface area contributed by atoms with Crippen molar-refractivity contribution in [2.75, 3.05) is 26.4 Å². The molecule has 352 valence electrons. The first-order valence-corrected chi connectivity index (χ1v) is 22.4. The summed E-state index contributed by atoms with van der Waals surface area (Å²) >= 11 is 0. The number of hydrogen-bond donors (Lipinski definition) is 6. The Labute approximate surface area is 379 Å². The first-order valence-electron chi connectivity index (χ1n) is 22.4. The summed E-state index contributed by atoms with van der Waals surface area (Å²) in [7, 11) is 0. The zero-order chi connectivity index (χ0) is 47.4. The highest BCUT2D eigenvalue weighted by Crippen LogP contribution is 2.46. The Morgan fingerprint density at radius 2 is 1.76 bits per heavy atom. The lowest BCUT2D eigenvalue weighted by Crippen LogP contribution is -2.53. The van der Waals surface area contributed by atoms with E-state index in [0.717, 1.165) is 10.5 Å². The van der Waals surface area contributed by atoms with E-state index in [-0.39, 0.29) is 74.5 Å². The van der Waals surface area contributed by atoms with Gasteiger partial charge in [0.2, 0.25) is 23.6 Å². The average Bonchev–Trinajstić information content (AvgIpc) is 3.82. The number of nitrogens with two attached hydrogens (primary N) is 1. The highest BCUT2D eigenvalue weighted by Gasteiger charge is 2.46. The number of ether oxygens (including phenoxy) is 2. The van der Waals surface area contributed by atoms with Crippen molar-refractivity contribution in [2.45, 2.75) is 122 Å². The molecule has 0 fully saturated rings. The number of carbonyl (C=O) groups is 7. The van der Waals surface area contributed by atoms with Gasteiger partial charge in [-0.3, -0.25) is 38.5 Å². The summed E-state index contributed by atoms with van der Waals surface area (Å²) in [6.45, 7) is 4.34. The SMILES string of the molecule is CC[C@@]1(O)C(=O)OCc2c1cc1n(c2=O)Cc2c-1nc1cc(F)c(C)c3c1c2[C@@H](NC(=O)COCNC(=O)[C@H](CCCCN)NC(=O)[C@H](C)NC(=O)CCCCCN1C(=O)C=CC1=O)CC3. The molecule has 0 saturated heterocycles. The van der Waals surface area contributed by atoms with E-state index < -0.39 is 65.4 Å². The Balaban J connectivity index is 0.958. The molecule has 20 heteroatoms. The summed E-state index contributed by atoms with van der Waals surface area (Å²) in [6, 6.07) is 0.333. The number of esters is 1. The second kappa shape index (κ2) is 20.0. The Bertz CT molecular complexity index is 2580. The standard InChI is InChI=1S/C46H55FN8O11/c1-4-46(64)29-18-34-41-27(20-55(34)44(62)28(29)21-66-45(46)63)40-31(13-12-26-24(2)30(47)19-33(52-41)39(26)40)51-36(57)22-65-23-49-43(61)32(10-7-8-16-48)53-42(60)25(3)50-35(56)11-6-5-9-17-54-37(58)14-15-38(54)59/h14-15,18-19,25,31-32,64H,4-13,16-17,20-23,48H2,1-3H3,(H,49,61)(H,50,56)(H,51,57)(H,53,60)/t25-,31-,32-,46-/m0/s1. The van der Waals surface area contributed by atoms with Crippen LogP contribution in [0.1, 0.15) is 111 Å². The van der Waals surface area contributed by atoms with Crippen LogP contribution in [0.15, 0.2) is 29.1 Å². The summed E-state index contributed by atoms with van der Waals surface area (Å²) in [4.78, 5) is 109. The second-order valence-electron chi connectivity index (χ2n) is 17.1. The third-order valence-corrected chi connectivity index (χ3v) is 12.8. The number of aliphatic hydroxyl groups is 1. The largest absolute Gasteiger partial charge is 0.458 e. The van der Waals surface area contributed by atoms with Crippen LogP contribution < -0.4 is 32.6 Å². The van der Waals surface area contributed by atoms with Crippen molar-refractivity contribution in [3.8, 4) is 11.4 Å². The summed E-state index contributed by atoms with van der Waals surface area (Å²) in [6.07, 6.45) is 6.27. The van der Waals surface area contributed by atoms with E-state index in [4.69, 9.17) is 20.2 Å². The van der Waals surface area contributed by atoms with Crippen molar-refractivity contribution in [3.05, 3.63) is 73.8 Å². The third-order valence-electron chi connectivity index (χ3n) is 12.8. The highest BCUT2D eigenvalue weighted by molar-refractivity contribution is 6.12. The first-order chi connectivity index (χ1) is 31.6. The molecule has 2 aromatic heterocycles. The Morgan fingerprint density at radius 3 is 2.48 bits per heavy atom. The normalized spacial score (nSPS) is 18.9. The summed E-state index contributed by atoms with van der Waals surface area (Å²) in [5, 5.41) is 22.9. The Hall–Kier alpha value is -6.38.